The Morgan fingerprint density at radius 1 is 1.10 bits per heavy atom. The predicted molar refractivity (Wildman–Crippen MR) is 117 cm³/mol. The van der Waals surface area contributed by atoms with Gasteiger partial charge in [-0.1, -0.05) is 29.8 Å². The maximum atomic E-state index is 13.1. The first-order chi connectivity index (χ1) is 14.6. The van der Waals surface area contributed by atoms with Crippen LogP contribution in [0, 0.1) is 11.3 Å². The van der Waals surface area contributed by atoms with E-state index in [0.717, 1.165) is 0 Å². The van der Waals surface area contributed by atoms with Crippen molar-refractivity contribution in [3.63, 3.8) is 0 Å². The molecule has 2 aromatic heterocycles. The number of hydrogen-bond donors (Lipinski definition) is 1. The van der Waals surface area contributed by atoms with Gasteiger partial charge >= 0.3 is 0 Å². The number of pyridine rings is 2. The molecular formula is C24H14ClN3O2. The maximum absolute atomic E-state index is 13.1. The molecule has 0 unspecified atom stereocenters. The number of carbonyl (C=O) groups excluding carboxylic acids is 1. The molecule has 0 aliphatic rings. The van der Waals surface area contributed by atoms with E-state index in [9.17, 15) is 9.59 Å². The fourth-order valence-corrected chi connectivity index (χ4v) is 3.40. The van der Waals surface area contributed by atoms with Crippen molar-refractivity contribution < 1.29 is 4.79 Å². The zero-order chi connectivity index (χ0) is 21.1. The molecule has 0 atom stereocenters. The summed E-state index contributed by atoms with van der Waals surface area (Å²) in [5.74, 6) is -0.455. The molecule has 0 saturated carbocycles. The maximum Gasteiger partial charge on any atom is 0.260 e. The zero-order valence-electron chi connectivity index (χ0n) is 15.6. The number of aromatic amines is 1. The monoisotopic (exact) mass is 411 g/mol. The van der Waals surface area contributed by atoms with Gasteiger partial charge in [-0.05, 0) is 60.2 Å². The molecule has 6 heteroatoms. The normalized spacial score (nSPS) is 10.9. The molecule has 30 heavy (non-hydrogen) atoms. The summed E-state index contributed by atoms with van der Waals surface area (Å²) in [6.45, 7) is 0. The van der Waals surface area contributed by atoms with E-state index in [1.54, 1.807) is 66.9 Å². The number of fused-ring (bicyclic) bond motifs is 1. The standard InChI is InChI=1S/C24H14ClN3O2/c25-17-8-10-20-19(13-17)22(16-6-4-15(14-26)5-7-16)23(24(30)28-20)21(29)11-9-18-3-1-2-12-27-18/h1-13H,(H,28,30)/b11-9+. The van der Waals surface area contributed by atoms with Gasteiger partial charge in [0.25, 0.3) is 5.56 Å². The van der Waals surface area contributed by atoms with Gasteiger partial charge in [-0.25, -0.2) is 0 Å². The van der Waals surface area contributed by atoms with Crippen molar-refractivity contribution in [2.24, 2.45) is 0 Å². The van der Waals surface area contributed by atoms with Gasteiger partial charge in [0.2, 0.25) is 0 Å². The first-order valence-corrected chi connectivity index (χ1v) is 9.44. The summed E-state index contributed by atoms with van der Waals surface area (Å²) in [5, 5.41) is 10.2. The number of H-pyrrole nitrogens is 1. The minimum Gasteiger partial charge on any atom is -0.321 e. The molecule has 5 nitrogen and oxygen atoms in total. The average Bonchev–Trinajstić information content (AvgIpc) is 2.77. The first kappa shape index (κ1) is 19.3. The van der Waals surface area contributed by atoms with Gasteiger partial charge < -0.3 is 4.98 Å². The molecular weight excluding hydrogens is 398 g/mol. The molecule has 0 aliphatic heterocycles. The summed E-state index contributed by atoms with van der Waals surface area (Å²) in [5.41, 5.74) is 2.26. The first-order valence-electron chi connectivity index (χ1n) is 9.06. The molecule has 4 rings (SSSR count). The van der Waals surface area contributed by atoms with Crippen LogP contribution in [0.1, 0.15) is 21.6 Å². The summed E-state index contributed by atoms with van der Waals surface area (Å²) in [6.07, 6.45) is 4.51. The van der Waals surface area contributed by atoms with Crippen LogP contribution in [-0.4, -0.2) is 15.8 Å². The van der Waals surface area contributed by atoms with E-state index in [-0.39, 0.29) is 5.56 Å². The Morgan fingerprint density at radius 3 is 2.60 bits per heavy atom. The molecule has 0 amide bonds. The summed E-state index contributed by atoms with van der Waals surface area (Å²) in [6, 6.07) is 19.2. The number of allylic oxidation sites excluding steroid dienone is 1. The Hall–Kier alpha value is -4.01. The molecule has 144 valence electrons. The zero-order valence-corrected chi connectivity index (χ0v) is 16.4. The number of halogens is 1. The van der Waals surface area contributed by atoms with E-state index in [2.05, 4.69) is 16.0 Å². The van der Waals surface area contributed by atoms with E-state index in [0.29, 0.717) is 38.3 Å². The van der Waals surface area contributed by atoms with E-state index < -0.39 is 11.3 Å². The van der Waals surface area contributed by atoms with Gasteiger partial charge in [0, 0.05) is 27.7 Å². The Bertz CT molecular complexity index is 1380. The third-order valence-electron chi connectivity index (χ3n) is 4.62. The van der Waals surface area contributed by atoms with Crippen molar-refractivity contribution >= 4 is 34.4 Å². The third kappa shape index (κ3) is 3.77. The summed E-state index contributed by atoms with van der Waals surface area (Å²) in [7, 11) is 0. The van der Waals surface area contributed by atoms with Gasteiger partial charge in [0.05, 0.1) is 22.9 Å². The van der Waals surface area contributed by atoms with E-state index in [4.69, 9.17) is 16.9 Å². The van der Waals surface area contributed by atoms with E-state index in [1.807, 2.05) is 6.07 Å². The Kier molecular flexibility index (Phi) is 5.25. The third-order valence-corrected chi connectivity index (χ3v) is 4.85. The van der Waals surface area contributed by atoms with Crippen LogP contribution in [0.25, 0.3) is 28.1 Å². The molecule has 2 aromatic carbocycles. The number of hydrogen-bond acceptors (Lipinski definition) is 4. The Balaban J connectivity index is 1.95. The molecule has 0 saturated heterocycles. The summed E-state index contributed by atoms with van der Waals surface area (Å²) in [4.78, 5) is 32.9. The van der Waals surface area contributed by atoms with Crippen LogP contribution in [-0.2, 0) is 0 Å². The van der Waals surface area contributed by atoms with Crippen LogP contribution in [0.3, 0.4) is 0 Å². The summed E-state index contributed by atoms with van der Waals surface area (Å²) < 4.78 is 0. The van der Waals surface area contributed by atoms with Crippen LogP contribution >= 0.6 is 11.6 Å². The largest absolute Gasteiger partial charge is 0.321 e. The van der Waals surface area contributed by atoms with E-state index in [1.165, 1.54) is 6.08 Å². The fraction of sp³-hybridized carbons (Fsp3) is 0. The van der Waals surface area contributed by atoms with Gasteiger partial charge in [-0.15, -0.1) is 0 Å². The Morgan fingerprint density at radius 2 is 1.90 bits per heavy atom. The number of nitrogens with one attached hydrogen (secondary N) is 1. The Labute approximate surface area is 176 Å². The second-order valence-electron chi connectivity index (χ2n) is 6.54. The lowest BCUT2D eigenvalue weighted by atomic mass is 9.93. The minimum atomic E-state index is -0.500. The van der Waals surface area contributed by atoms with Crippen molar-refractivity contribution in [2.45, 2.75) is 0 Å². The highest BCUT2D eigenvalue weighted by molar-refractivity contribution is 6.31. The number of benzene rings is 2. The predicted octanol–water partition coefficient (Wildman–Crippen LogP) is 5.01. The lowest BCUT2D eigenvalue weighted by Gasteiger charge is -2.12. The number of rotatable bonds is 4. The fourth-order valence-electron chi connectivity index (χ4n) is 3.23. The van der Waals surface area contributed by atoms with Crippen LogP contribution < -0.4 is 5.56 Å². The highest BCUT2D eigenvalue weighted by Crippen LogP contribution is 2.32. The van der Waals surface area contributed by atoms with Gasteiger partial charge in [-0.3, -0.25) is 14.6 Å². The molecule has 0 bridgehead atoms. The van der Waals surface area contributed by atoms with Crippen LogP contribution in [0.15, 0.2) is 77.7 Å². The molecule has 0 spiro atoms. The lowest BCUT2D eigenvalue weighted by molar-refractivity contribution is 0.104. The van der Waals surface area contributed by atoms with Crippen molar-refractivity contribution in [1.29, 1.82) is 5.26 Å². The molecule has 0 fully saturated rings. The van der Waals surface area contributed by atoms with Crippen LogP contribution in [0.5, 0.6) is 0 Å². The second-order valence-corrected chi connectivity index (χ2v) is 6.97. The average molecular weight is 412 g/mol. The molecule has 1 N–H and O–H groups in total. The van der Waals surface area contributed by atoms with Crippen molar-refractivity contribution in [2.75, 3.05) is 0 Å². The van der Waals surface area contributed by atoms with Crippen molar-refractivity contribution in [3.05, 3.63) is 105 Å². The number of aromatic nitrogens is 2. The van der Waals surface area contributed by atoms with Crippen molar-refractivity contribution in [1.82, 2.24) is 9.97 Å². The van der Waals surface area contributed by atoms with Crippen molar-refractivity contribution in [3.8, 4) is 17.2 Å². The SMILES string of the molecule is N#Cc1ccc(-c2c(C(=O)/C=C/c3ccccn3)c(=O)[nH]c3ccc(Cl)cc23)cc1. The quantitative estimate of drug-likeness (QED) is 0.377. The minimum absolute atomic E-state index is 0.00153. The van der Waals surface area contributed by atoms with Crippen LogP contribution in [0.4, 0.5) is 0 Å². The highest BCUT2D eigenvalue weighted by atomic mass is 35.5. The lowest BCUT2D eigenvalue weighted by Crippen LogP contribution is -2.18. The molecule has 0 radical (unpaired) electrons. The smallest absolute Gasteiger partial charge is 0.260 e. The number of nitrogens with zero attached hydrogens (tertiary/aromatic N) is 2. The van der Waals surface area contributed by atoms with E-state index >= 15 is 0 Å². The highest BCUT2D eigenvalue weighted by Gasteiger charge is 2.19. The summed E-state index contributed by atoms with van der Waals surface area (Å²) >= 11 is 6.20. The van der Waals surface area contributed by atoms with Gasteiger partial charge in [0.1, 0.15) is 0 Å². The number of ketones is 1. The van der Waals surface area contributed by atoms with Gasteiger partial charge in [0.15, 0.2) is 5.78 Å². The molecule has 0 aliphatic carbocycles. The second kappa shape index (κ2) is 8.16. The molecule has 2 heterocycles. The van der Waals surface area contributed by atoms with Crippen LogP contribution in [0.2, 0.25) is 5.02 Å². The number of nitriles is 1. The van der Waals surface area contributed by atoms with Gasteiger partial charge in [-0.2, -0.15) is 5.26 Å². The topological polar surface area (TPSA) is 86.6 Å². The number of carbonyl (C=O) groups is 1. The molecule has 4 aromatic rings.